The minimum absolute atomic E-state index is 0.0631. The van der Waals surface area contributed by atoms with E-state index < -0.39 is 0 Å². The number of hydrogen-bond donors (Lipinski definition) is 1. The molecule has 0 aliphatic rings. The summed E-state index contributed by atoms with van der Waals surface area (Å²) in [4.78, 5) is 12.2. The minimum atomic E-state index is 0.0631. The molecule has 1 N–H and O–H groups in total. The van der Waals surface area contributed by atoms with Crippen LogP contribution in [0.1, 0.15) is 19.8 Å². The number of amides is 1. The predicted octanol–water partition coefficient (Wildman–Crippen LogP) is 1.77. The zero-order valence-electron chi connectivity index (χ0n) is 5.36. The fourth-order valence-electron chi connectivity index (χ4n) is 0.424. The highest BCUT2D eigenvalue weighted by Gasteiger charge is 1.92. The van der Waals surface area contributed by atoms with Crippen LogP contribution in [0.4, 0.5) is 0 Å². The molecule has 0 heterocycles. The van der Waals surface area contributed by atoms with Gasteiger partial charge in [0.1, 0.15) is 0 Å². The van der Waals surface area contributed by atoms with E-state index in [0.29, 0.717) is 6.42 Å². The third-order valence-electron chi connectivity index (χ3n) is 0.784. The maximum Gasteiger partial charge on any atom is 0.223 e. The maximum absolute atomic E-state index is 10.6. The standard InChI is InChI=1S/C6H10BrNO/c1-2-3-6(9)8-5-4-7/h4-5H,2-3H2,1H3,(H,8,9)/b5-4-. The van der Waals surface area contributed by atoms with Gasteiger partial charge in [0, 0.05) is 12.6 Å². The van der Waals surface area contributed by atoms with Gasteiger partial charge >= 0.3 is 0 Å². The molecule has 0 spiro atoms. The van der Waals surface area contributed by atoms with Crippen LogP contribution >= 0.6 is 15.9 Å². The van der Waals surface area contributed by atoms with E-state index in [-0.39, 0.29) is 5.91 Å². The molecule has 0 bridgehead atoms. The molecule has 0 aliphatic carbocycles. The van der Waals surface area contributed by atoms with Crippen LogP contribution in [-0.4, -0.2) is 5.91 Å². The van der Waals surface area contributed by atoms with Crippen LogP contribution in [-0.2, 0) is 4.79 Å². The number of rotatable bonds is 3. The molecule has 0 radical (unpaired) electrons. The first-order valence-corrected chi connectivity index (χ1v) is 3.77. The van der Waals surface area contributed by atoms with Gasteiger partial charge in [-0.05, 0) is 11.4 Å². The molecule has 0 saturated carbocycles. The van der Waals surface area contributed by atoms with Crippen molar-refractivity contribution < 1.29 is 4.79 Å². The van der Waals surface area contributed by atoms with Gasteiger partial charge in [-0.3, -0.25) is 4.79 Å². The molecule has 3 heteroatoms. The normalized spacial score (nSPS) is 10.0. The molecule has 0 fully saturated rings. The number of nitrogens with one attached hydrogen (secondary N) is 1. The summed E-state index contributed by atoms with van der Waals surface area (Å²) in [5, 5.41) is 2.57. The molecule has 0 rings (SSSR count). The first kappa shape index (κ1) is 8.69. The second kappa shape index (κ2) is 5.82. The number of halogens is 1. The van der Waals surface area contributed by atoms with Crippen molar-refractivity contribution in [3.8, 4) is 0 Å². The Balaban J connectivity index is 3.27. The van der Waals surface area contributed by atoms with Gasteiger partial charge in [0.25, 0.3) is 0 Å². The van der Waals surface area contributed by atoms with Gasteiger partial charge in [0.2, 0.25) is 5.91 Å². The third-order valence-corrected chi connectivity index (χ3v) is 1.05. The predicted molar refractivity (Wildman–Crippen MR) is 41.1 cm³/mol. The molecule has 9 heavy (non-hydrogen) atoms. The lowest BCUT2D eigenvalue weighted by Gasteiger charge is -1.93. The molecular formula is C6H10BrNO. The second-order valence-electron chi connectivity index (χ2n) is 1.61. The highest BCUT2D eigenvalue weighted by Crippen LogP contribution is 1.86. The van der Waals surface area contributed by atoms with E-state index in [1.165, 1.54) is 0 Å². The van der Waals surface area contributed by atoms with E-state index in [0.717, 1.165) is 6.42 Å². The van der Waals surface area contributed by atoms with Crippen molar-refractivity contribution in [2.45, 2.75) is 19.8 Å². The van der Waals surface area contributed by atoms with Crippen molar-refractivity contribution in [2.24, 2.45) is 0 Å². The summed E-state index contributed by atoms with van der Waals surface area (Å²) >= 11 is 3.03. The molecule has 2 nitrogen and oxygen atoms in total. The number of carbonyl (C=O) groups is 1. The molecule has 0 aromatic rings. The molecular weight excluding hydrogens is 182 g/mol. The average molecular weight is 192 g/mol. The van der Waals surface area contributed by atoms with Crippen molar-refractivity contribution in [3.05, 3.63) is 11.2 Å². The monoisotopic (exact) mass is 191 g/mol. The molecule has 0 saturated heterocycles. The molecule has 0 aromatic carbocycles. The van der Waals surface area contributed by atoms with Crippen molar-refractivity contribution in [2.75, 3.05) is 0 Å². The molecule has 0 unspecified atom stereocenters. The second-order valence-corrected chi connectivity index (χ2v) is 2.14. The van der Waals surface area contributed by atoms with Crippen LogP contribution in [0, 0.1) is 0 Å². The van der Waals surface area contributed by atoms with Gasteiger partial charge in [0.15, 0.2) is 0 Å². The number of carbonyl (C=O) groups excluding carboxylic acids is 1. The van der Waals surface area contributed by atoms with E-state index in [1.54, 1.807) is 11.2 Å². The SMILES string of the molecule is CCCC(=O)N/C=C\Br. The minimum Gasteiger partial charge on any atom is -0.332 e. The molecule has 0 aliphatic heterocycles. The smallest absolute Gasteiger partial charge is 0.223 e. The van der Waals surface area contributed by atoms with Gasteiger partial charge in [0.05, 0.1) is 0 Å². The summed E-state index contributed by atoms with van der Waals surface area (Å²) in [5.74, 6) is 0.0631. The van der Waals surface area contributed by atoms with Crippen molar-refractivity contribution in [1.29, 1.82) is 0 Å². The van der Waals surface area contributed by atoms with Crippen LogP contribution in [0.5, 0.6) is 0 Å². The fraction of sp³-hybridized carbons (Fsp3) is 0.500. The summed E-state index contributed by atoms with van der Waals surface area (Å²) in [6.07, 6.45) is 3.05. The van der Waals surface area contributed by atoms with Crippen LogP contribution in [0.2, 0.25) is 0 Å². The summed E-state index contributed by atoms with van der Waals surface area (Å²) in [6.45, 7) is 1.97. The van der Waals surface area contributed by atoms with Crippen LogP contribution in [0.25, 0.3) is 0 Å². The lowest BCUT2D eigenvalue weighted by Crippen LogP contribution is -2.15. The molecule has 0 atom stereocenters. The lowest BCUT2D eigenvalue weighted by atomic mass is 10.3. The zero-order valence-corrected chi connectivity index (χ0v) is 6.94. The van der Waals surface area contributed by atoms with E-state index in [1.807, 2.05) is 6.92 Å². The Morgan fingerprint density at radius 1 is 1.78 bits per heavy atom. The van der Waals surface area contributed by atoms with E-state index in [2.05, 4.69) is 21.2 Å². The first-order valence-electron chi connectivity index (χ1n) is 2.86. The Kier molecular flexibility index (Phi) is 5.62. The van der Waals surface area contributed by atoms with Crippen LogP contribution in [0.3, 0.4) is 0 Å². The van der Waals surface area contributed by atoms with Gasteiger partial charge in [-0.15, -0.1) is 0 Å². The summed E-state index contributed by atoms with van der Waals surface area (Å²) in [7, 11) is 0. The third kappa shape index (κ3) is 5.56. The first-order chi connectivity index (χ1) is 4.31. The maximum atomic E-state index is 10.6. The van der Waals surface area contributed by atoms with Crippen LogP contribution in [0.15, 0.2) is 11.2 Å². The fourth-order valence-corrected chi connectivity index (χ4v) is 0.556. The Labute approximate surface area is 63.5 Å². The quantitative estimate of drug-likeness (QED) is 0.725. The van der Waals surface area contributed by atoms with Gasteiger partial charge in [-0.25, -0.2) is 0 Å². The van der Waals surface area contributed by atoms with Crippen molar-refractivity contribution in [3.63, 3.8) is 0 Å². The molecule has 52 valence electrons. The number of hydrogen-bond acceptors (Lipinski definition) is 1. The Morgan fingerprint density at radius 2 is 2.44 bits per heavy atom. The summed E-state index contributed by atoms with van der Waals surface area (Å²) < 4.78 is 0. The van der Waals surface area contributed by atoms with Crippen molar-refractivity contribution >= 4 is 21.8 Å². The highest BCUT2D eigenvalue weighted by molar-refractivity contribution is 9.11. The Morgan fingerprint density at radius 3 is 2.89 bits per heavy atom. The topological polar surface area (TPSA) is 29.1 Å². The van der Waals surface area contributed by atoms with Gasteiger partial charge < -0.3 is 5.32 Å². The molecule has 1 amide bonds. The van der Waals surface area contributed by atoms with Crippen molar-refractivity contribution in [1.82, 2.24) is 5.32 Å². The largest absolute Gasteiger partial charge is 0.332 e. The lowest BCUT2D eigenvalue weighted by molar-refractivity contribution is -0.120. The van der Waals surface area contributed by atoms with E-state index in [4.69, 9.17) is 0 Å². The average Bonchev–Trinajstić information content (AvgIpc) is 1.85. The van der Waals surface area contributed by atoms with E-state index in [9.17, 15) is 4.79 Å². The summed E-state index contributed by atoms with van der Waals surface area (Å²) in [6, 6.07) is 0. The Hall–Kier alpha value is -0.310. The molecule has 0 aromatic heterocycles. The zero-order chi connectivity index (χ0) is 7.11. The van der Waals surface area contributed by atoms with Gasteiger partial charge in [-0.2, -0.15) is 0 Å². The van der Waals surface area contributed by atoms with Gasteiger partial charge in [-0.1, -0.05) is 22.9 Å². The highest BCUT2D eigenvalue weighted by atomic mass is 79.9. The summed E-state index contributed by atoms with van der Waals surface area (Å²) in [5.41, 5.74) is 0. The van der Waals surface area contributed by atoms with Crippen LogP contribution < -0.4 is 5.32 Å². The van der Waals surface area contributed by atoms with E-state index >= 15 is 0 Å². The Bertz CT molecular complexity index is 112.